The Kier molecular flexibility index (Phi) is 1.64. The van der Waals surface area contributed by atoms with Crippen LogP contribution in [0.5, 0.6) is 0 Å². The van der Waals surface area contributed by atoms with Crippen molar-refractivity contribution in [2.75, 3.05) is 5.75 Å². The first-order chi connectivity index (χ1) is 4.04. The van der Waals surface area contributed by atoms with E-state index >= 15 is 0 Å². The van der Waals surface area contributed by atoms with Gasteiger partial charge in [0.05, 0.1) is 0 Å². The van der Waals surface area contributed by atoms with Gasteiger partial charge >= 0.3 is 0 Å². The lowest BCUT2D eigenvalue weighted by Gasteiger charge is -2.38. The number of hydrogen-bond donors (Lipinski definition) is 0. The summed E-state index contributed by atoms with van der Waals surface area (Å²) in [5.74, 6) is 1.30. The molecule has 0 aromatic heterocycles. The first-order valence-electron chi connectivity index (χ1n) is 3.35. The van der Waals surface area contributed by atoms with Crippen molar-refractivity contribution in [2.24, 2.45) is 5.41 Å². The second-order valence-corrected chi connectivity index (χ2v) is 4.49. The Bertz CT molecular complexity index is 150. The molecule has 1 aliphatic rings. The highest BCUT2D eigenvalue weighted by molar-refractivity contribution is 8.04. The molecule has 1 heterocycles. The molecule has 52 valence electrons. The number of rotatable bonds is 0. The van der Waals surface area contributed by atoms with Crippen LogP contribution in [0.3, 0.4) is 0 Å². The summed E-state index contributed by atoms with van der Waals surface area (Å²) in [6, 6.07) is 0. The highest BCUT2D eigenvalue weighted by Gasteiger charge is 2.33. The molecular formula is C8H14S. The molecule has 0 aromatic rings. The largest absolute Gasteiger partial charge is 0.129 e. The Morgan fingerprint density at radius 3 is 2.00 bits per heavy atom. The molecule has 0 saturated carbocycles. The molecule has 0 atom stereocenters. The van der Waals surface area contributed by atoms with E-state index in [4.69, 9.17) is 0 Å². The van der Waals surface area contributed by atoms with Gasteiger partial charge in [-0.25, -0.2) is 0 Å². The van der Waals surface area contributed by atoms with E-state index in [1.165, 1.54) is 11.3 Å². The van der Waals surface area contributed by atoms with Crippen LogP contribution in [-0.4, -0.2) is 5.75 Å². The van der Waals surface area contributed by atoms with Gasteiger partial charge in [-0.15, -0.1) is 11.8 Å². The fraction of sp³-hybridized carbons (Fsp3) is 0.750. The van der Waals surface area contributed by atoms with Gasteiger partial charge in [-0.3, -0.25) is 0 Å². The van der Waals surface area contributed by atoms with Crippen LogP contribution in [0.4, 0.5) is 0 Å². The molecule has 0 nitrogen and oxygen atoms in total. The molecule has 0 unspecified atom stereocenters. The minimum Gasteiger partial charge on any atom is -0.129 e. The second kappa shape index (κ2) is 2.05. The van der Waals surface area contributed by atoms with Gasteiger partial charge in [0.1, 0.15) is 0 Å². The fourth-order valence-corrected chi connectivity index (χ4v) is 2.41. The smallest absolute Gasteiger partial charge is 0.00740 e. The molecule has 0 N–H and O–H groups in total. The number of hydrogen-bond acceptors (Lipinski definition) is 1. The summed E-state index contributed by atoms with van der Waals surface area (Å²) < 4.78 is 0. The van der Waals surface area contributed by atoms with E-state index in [0.29, 0.717) is 5.41 Å². The Labute approximate surface area is 61.7 Å². The molecule has 0 bridgehead atoms. The van der Waals surface area contributed by atoms with E-state index in [1.54, 1.807) is 4.91 Å². The van der Waals surface area contributed by atoms with Gasteiger partial charge in [0.2, 0.25) is 0 Å². The zero-order valence-electron chi connectivity index (χ0n) is 6.62. The molecule has 1 saturated heterocycles. The van der Waals surface area contributed by atoms with Crippen molar-refractivity contribution in [3.05, 3.63) is 10.5 Å². The molecule has 0 aromatic carbocycles. The van der Waals surface area contributed by atoms with Crippen LogP contribution in [0, 0.1) is 5.41 Å². The van der Waals surface area contributed by atoms with E-state index in [1.807, 2.05) is 11.8 Å². The number of thioether (sulfide) groups is 1. The van der Waals surface area contributed by atoms with Gasteiger partial charge in [-0.05, 0) is 18.8 Å². The van der Waals surface area contributed by atoms with E-state index < -0.39 is 0 Å². The summed E-state index contributed by atoms with van der Waals surface area (Å²) in [5, 5.41) is 0. The monoisotopic (exact) mass is 142 g/mol. The van der Waals surface area contributed by atoms with Crippen molar-refractivity contribution in [1.29, 1.82) is 0 Å². The van der Waals surface area contributed by atoms with Crippen LogP contribution in [0.25, 0.3) is 0 Å². The van der Waals surface area contributed by atoms with Crippen molar-refractivity contribution in [2.45, 2.75) is 27.7 Å². The summed E-state index contributed by atoms with van der Waals surface area (Å²) >= 11 is 2.00. The lowest BCUT2D eigenvalue weighted by molar-refractivity contribution is 0.515. The fourth-order valence-electron chi connectivity index (χ4n) is 1.25. The molecule has 0 spiro atoms. The predicted molar refractivity (Wildman–Crippen MR) is 44.6 cm³/mol. The lowest BCUT2D eigenvalue weighted by atomic mass is 9.92. The van der Waals surface area contributed by atoms with Crippen LogP contribution >= 0.6 is 11.8 Å². The second-order valence-electron chi connectivity index (χ2n) is 3.50. The van der Waals surface area contributed by atoms with Crippen molar-refractivity contribution in [3.63, 3.8) is 0 Å². The molecule has 0 aliphatic carbocycles. The lowest BCUT2D eigenvalue weighted by Crippen LogP contribution is -2.26. The Hall–Kier alpha value is 0.0900. The van der Waals surface area contributed by atoms with Crippen molar-refractivity contribution >= 4 is 11.8 Å². The maximum Gasteiger partial charge on any atom is 0.00740 e. The Morgan fingerprint density at radius 1 is 1.44 bits per heavy atom. The van der Waals surface area contributed by atoms with Crippen molar-refractivity contribution in [3.8, 4) is 0 Å². The van der Waals surface area contributed by atoms with Gasteiger partial charge in [0.25, 0.3) is 0 Å². The SMILES string of the molecule is CC(C)=C1SCC1(C)C. The molecule has 1 fully saturated rings. The average molecular weight is 142 g/mol. The van der Waals surface area contributed by atoms with E-state index in [9.17, 15) is 0 Å². The van der Waals surface area contributed by atoms with Crippen LogP contribution in [0.2, 0.25) is 0 Å². The van der Waals surface area contributed by atoms with Gasteiger partial charge in [-0.2, -0.15) is 0 Å². The first-order valence-corrected chi connectivity index (χ1v) is 4.33. The van der Waals surface area contributed by atoms with E-state index in [-0.39, 0.29) is 0 Å². The molecule has 1 rings (SSSR count). The molecule has 0 radical (unpaired) electrons. The van der Waals surface area contributed by atoms with Gasteiger partial charge in [0.15, 0.2) is 0 Å². The Balaban J connectivity index is 2.77. The van der Waals surface area contributed by atoms with Crippen molar-refractivity contribution < 1.29 is 0 Å². The third kappa shape index (κ3) is 1.16. The molecule has 0 amide bonds. The van der Waals surface area contributed by atoms with Gasteiger partial charge in [-0.1, -0.05) is 19.4 Å². The summed E-state index contributed by atoms with van der Waals surface area (Å²) in [4.78, 5) is 1.60. The minimum atomic E-state index is 0.503. The summed E-state index contributed by atoms with van der Waals surface area (Å²) in [7, 11) is 0. The third-order valence-corrected chi connectivity index (χ3v) is 3.76. The van der Waals surface area contributed by atoms with E-state index in [2.05, 4.69) is 27.7 Å². The molecule has 1 aliphatic heterocycles. The maximum atomic E-state index is 2.31. The summed E-state index contributed by atoms with van der Waals surface area (Å²) in [5.41, 5.74) is 2.00. The highest BCUT2D eigenvalue weighted by atomic mass is 32.2. The first kappa shape index (κ1) is 7.20. The van der Waals surface area contributed by atoms with Crippen LogP contribution in [0.15, 0.2) is 10.5 Å². The predicted octanol–water partition coefficient (Wildman–Crippen LogP) is 3.05. The van der Waals surface area contributed by atoms with Crippen LogP contribution < -0.4 is 0 Å². The van der Waals surface area contributed by atoms with Crippen LogP contribution in [0.1, 0.15) is 27.7 Å². The molecular weight excluding hydrogens is 128 g/mol. The minimum absolute atomic E-state index is 0.503. The van der Waals surface area contributed by atoms with Crippen LogP contribution in [-0.2, 0) is 0 Å². The molecule has 9 heavy (non-hydrogen) atoms. The number of allylic oxidation sites excluding steroid dienone is 2. The average Bonchev–Trinajstić information content (AvgIpc) is 1.62. The summed E-state index contributed by atoms with van der Waals surface area (Å²) in [6.45, 7) is 9.02. The quantitative estimate of drug-likeness (QED) is 0.501. The van der Waals surface area contributed by atoms with Crippen molar-refractivity contribution in [1.82, 2.24) is 0 Å². The molecule has 1 heteroatoms. The zero-order valence-corrected chi connectivity index (χ0v) is 7.43. The maximum absolute atomic E-state index is 2.31. The normalized spacial score (nSPS) is 23.3. The highest BCUT2D eigenvalue weighted by Crippen LogP contribution is 2.50. The standard InChI is InChI=1S/C8H14S/c1-6(2)7-8(3,4)5-9-7/h5H2,1-4H3. The van der Waals surface area contributed by atoms with E-state index in [0.717, 1.165) is 0 Å². The van der Waals surface area contributed by atoms with Gasteiger partial charge < -0.3 is 0 Å². The zero-order chi connectivity index (χ0) is 7.07. The van der Waals surface area contributed by atoms with Gasteiger partial charge in [0, 0.05) is 11.2 Å². The Morgan fingerprint density at radius 2 is 2.00 bits per heavy atom. The topological polar surface area (TPSA) is 0 Å². The summed E-state index contributed by atoms with van der Waals surface area (Å²) in [6.07, 6.45) is 0. The third-order valence-electron chi connectivity index (χ3n) is 1.65.